The number of nitrogens with one attached hydrogen (secondary N) is 1. The third kappa shape index (κ3) is 4.72. The minimum Gasteiger partial charge on any atom is -0.307 e. The van der Waals surface area contributed by atoms with Crippen molar-refractivity contribution in [3.63, 3.8) is 0 Å². The van der Waals surface area contributed by atoms with Gasteiger partial charge in [0.25, 0.3) is 21.7 Å². The number of imide groups is 1. The molecule has 3 aromatic rings. The van der Waals surface area contributed by atoms with Crippen molar-refractivity contribution in [2.45, 2.75) is 35.3 Å². The molecule has 1 N–H and O–H groups in total. The lowest BCUT2D eigenvalue weighted by atomic mass is 10.2. The largest absolute Gasteiger partial charge is 0.501 e. The van der Waals surface area contributed by atoms with Crippen LogP contribution in [-0.2, 0) is 21.2 Å². The van der Waals surface area contributed by atoms with Crippen LogP contribution < -0.4 is 10.2 Å². The van der Waals surface area contributed by atoms with Crippen molar-refractivity contribution in [2.24, 2.45) is 0 Å². The maximum atomic E-state index is 13.3. The number of carbonyl (C=O) groups excluding carboxylic acids is 3. The maximum Gasteiger partial charge on any atom is 0.501 e. The lowest BCUT2D eigenvalue weighted by Gasteiger charge is -2.21. The van der Waals surface area contributed by atoms with Gasteiger partial charge in [-0.15, -0.1) is 0 Å². The Balaban J connectivity index is 1.36. The van der Waals surface area contributed by atoms with Gasteiger partial charge in [0.15, 0.2) is 0 Å². The minimum absolute atomic E-state index is 0.00976. The van der Waals surface area contributed by atoms with E-state index in [2.05, 4.69) is 10.3 Å². The molecule has 9 nitrogen and oxygen atoms in total. The first-order valence-corrected chi connectivity index (χ1v) is 13.3. The van der Waals surface area contributed by atoms with E-state index >= 15 is 0 Å². The highest BCUT2D eigenvalue weighted by atomic mass is 35.5. The molecule has 39 heavy (non-hydrogen) atoms. The van der Waals surface area contributed by atoms with E-state index < -0.39 is 43.6 Å². The van der Waals surface area contributed by atoms with Crippen LogP contribution in [0.1, 0.15) is 28.8 Å². The van der Waals surface area contributed by atoms with E-state index in [1.54, 1.807) is 30.3 Å². The number of pyridine rings is 1. The first kappa shape index (κ1) is 26.6. The van der Waals surface area contributed by atoms with Crippen LogP contribution in [-0.4, -0.2) is 47.2 Å². The predicted octanol–water partition coefficient (Wildman–Crippen LogP) is 4.78. The van der Waals surface area contributed by atoms with E-state index in [0.717, 1.165) is 17.0 Å². The Hall–Kier alpha value is -3.97. The Labute approximate surface area is 225 Å². The highest BCUT2D eigenvalue weighted by Gasteiger charge is 2.65. The van der Waals surface area contributed by atoms with Crippen molar-refractivity contribution >= 4 is 50.8 Å². The second-order valence-electron chi connectivity index (χ2n) is 9.00. The zero-order valence-electron chi connectivity index (χ0n) is 19.8. The summed E-state index contributed by atoms with van der Waals surface area (Å²) in [6, 6.07) is 12.2. The molecule has 0 bridgehead atoms. The second kappa shape index (κ2) is 9.35. The van der Waals surface area contributed by atoms with Crippen LogP contribution in [0.3, 0.4) is 0 Å². The minimum atomic E-state index is -5.58. The number of nitrogens with zero attached hydrogens (tertiary/aromatic N) is 3. The van der Waals surface area contributed by atoms with E-state index in [4.69, 9.17) is 11.6 Å². The summed E-state index contributed by atoms with van der Waals surface area (Å²) < 4.78 is 61.9. The van der Waals surface area contributed by atoms with Crippen LogP contribution in [0.15, 0.2) is 71.8 Å². The summed E-state index contributed by atoms with van der Waals surface area (Å²) >= 11 is 5.94. The van der Waals surface area contributed by atoms with Gasteiger partial charge < -0.3 is 10.2 Å². The Morgan fingerprint density at radius 3 is 2.36 bits per heavy atom. The van der Waals surface area contributed by atoms with E-state index in [9.17, 15) is 36.0 Å². The molecule has 2 aromatic carbocycles. The van der Waals surface area contributed by atoms with Crippen molar-refractivity contribution in [1.29, 1.82) is 0 Å². The average Bonchev–Trinajstić information content (AvgIpc) is 3.66. The van der Waals surface area contributed by atoms with Crippen LogP contribution in [0.2, 0.25) is 5.02 Å². The first-order valence-electron chi connectivity index (χ1n) is 11.4. The standard InChI is InChI=1S/C25H18ClF3N4O5S/c26-17-3-1-2-16(13-17)21(34)31-20-12-15(8-11-30-20)14-32-23(36)33(22(35)24(32)9-10-24)18-4-6-19(7-5-18)39(37,38)25(27,28)29/h1-8,11-13H,9-10,14H2,(H,30,31,34). The molecular weight excluding hydrogens is 561 g/mol. The number of alkyl halides is 3. The number of halogens is 4. The molecule has 0 radical (unpaired) electrons. The van der Waals surface area contributed by atoms with Crippen molar-refractivity contribution in [2.75, 3.05) is 10.2 Å². The summed E-state index contributed by atoms with van der Waals surface area (Å²) in [5.41, 5.74) is -5.77. The molecule has 1 aromatic heterocycles. The molecule has 1 spiro atoms. The van der Waals surface area contributed by atoms with Crippen LogP contribution in [0.4, 0.5) is 29.5 Å². The molecule has 0 atom stereocenters. The third-order valence-corrected chi connectivity index (χ3v) is 8.20. The van der Waals surface area contributed by atoms with Gasteiger partial charge in [-0.25, -0.2) is 23.1 Å². The van der Waals surface area contributed by atoms with Crippen LogP contribution in [0.25, 0.3) is 0 Å². The SMILES string of the molecule is O=C(Nc1cc(CN2C(=O)N(c3ccc(S(=O)(=O)C(F)(F)F)cc3)C(=O)C23CC3)ccn1)c1cccc(Cl)c1. The maximum absolute atomic E-state index is 13.3. The van der Waals surface area contributed by atoms with Gasteiger partial charge in [0.05, 0.1) is 10.6 Å². The number of carbonyl (C=O) groups is 3. The third-order valence-electron chi connectivity index (χ3n) is 6.47. The number of amides is 4. The molecule has 2 aliphatic rings. The van der Waals surface area contributed by atoms with E-state index in [0.29, 0.717) is 41.1 Å². The quantitative estimate of drug-likeness (QED) is 0.421. The summed E-state index contributed by atoms with van der Waals surface area (Å²) in [7, 11) is -5.58. The molecule has 4 amide bonds. The number of urea groups is 1. The van der Waals surface area contributed by atoms with E-state index in [-0.39, 0.29) is 18.1 Å². The van der Waals surface area contributed by atoms with Gasteiger partial charge in [0.1, 0.15) is 11.4 Å². The average molecular weight is 579 g/mol. The number of hydrogen-bond acceptors (Lipinski definition) is 6. The normalized spacial score (nSPS) is 16.6. The fraction of sp³-hybridized carbons (Fsp3) is 0.200. The monoisotopic (exact) mass is 578 g/mol. The van der Waals surface area contributed by atoms with Crippen molar-refractivity contribution < 1.29 is 36.0 Å². The molecule has 2 heterocycles. The van der Waals surface area contributed by atoms with Gasteiger partial charge in [-0.3, -0.25) is 9.59 Å². The fourth-order valence-electron chi connectivity index (χ4n) is 4.31. The van der Waals surface area contributed by atoms with Crippen molar-refractivity contribution in [1.82, 2.24) is 9.88 Å². The molecule has 202 valence electrons. The molecule has 2 fully saturated rings. The van der Waals surface area contributed by atoms with E-state index in [1.165, 1.54) is 17.2 Å². The second-order valence-corrected chi connectivity index (χ2v) is 11.4. The topological polar surface area (TPSA) is 117 Å². The summed E-state index contributed by atoms with van der Waals surface area (Å²) in [4.78, 5) is 44.4. The Morgan fingerprint density at radius 1 is 1.05 bits per heavy atom. The summed E-state index contributed by atoms with van der Waals surface area (Å²) in [6.07, 6.45) is 2.21. The number of rotatable bonds is 6. The Bertz CT molecular complexity index is 1610. The van der Waals surface area contributed by atoms with Crippen LogP contribution >= 0.6 is 11.6 Å². The van der Waals surface area contributed by atoms with Gasteiger partial charge in [0.2, 0.25) is 0 Å². The molecular formula is C25H18ClF3N4O5S. The number of hydrogen-bond donors (Lipinski definition) is 1. The summed E-state index contributed by atoms with van der Waals surface area (Å²) in [5.74, 6) is -0.795. The van der Waals surface area contributed by atoms with Gasteiger partial charge in [0, 0.05) is 23.3 Å². The zero-order valence-corrected chi connectivity index (χ0v) is 21.3. The Kier molecular flexibility index (Phi) is 6.38. The highest BCUT2D eigenvalue weighted by molar-refractivity contribution is 7.92. The number of benzene rings is 2. The molecule has 0 unspecified atom stereocenters. The van der Waals surface area contributed by atoms with E-state index in [1.807, 2.05) is 0 Å². The molecule has 1 aliphatic heterocycles. The van der Waals surface area contributed by atoms with Crippen molar-refractivity contribution in [3.05, 3.63) is 83.0 Å². The highest BCUT2D eigenvalue weighted by Crippen LogP contribution is 2.49. The van der Waals surface area contributed by atoms with Crippen molar-refractivity contribution in [3.8, 4) is 0 Å². The first-order chi connectivity index (χ1) is 18.3. The van der Waals surface area contributed by atoms with Gasteiger partial charge >= 0.3 is 11.5 Å². The Morgan fingerprint density at radius 2 is 1.74 bits per heavy atom. The molecule has 1 saturated carbocycles. The van der Waals surface area contributed by atoms with Gasteiger partial charge in [-0.1, -0.05) is 17.7 Å². The molecule has 1 saturated heterocycles. The van der Waals surface area contributed by atoms with Crippen LogP contribution in [0.5, 0.6) is 0 Å². The smallest absolute Gasteiger partial charge is 0.307 e. The van der Waals surface area contributed by atoms with Gasteiger partial charge in [-0.05, 0) is 73.0 Å². The number of anilines is 2. The van der Waals surface area contributed by atoms with Crippen LogP contribution in [0, 0.1) is 0 Å². The molecule has 5 rings (SSSR count). The lowest BCUT2D eigenvalue weighted by molar-refractivity contribution is -0.120. The summed E-state index contributed by atoms with van der Waals surface area (Å²) in [5, 5.41) is 3.04. The van der Waals surface area contributed by atoms with Gasteiger partial charge in [-0.2, -0.15) is 13.2 Å². The molecule has 14 heteroatoms. The summed E-state index contributed by atoms with van der Waals surface area (Å²) in [6.45, 7) is -0.00976. The number of sulfone groups is 1. The predicted molar refractivity (Wildman–Crippen MR) is 134 cm³/mol. The zero-order chi connectivity index (χ0) is 28.2. The lowest BCUT2D eigenvalue weighted by Crippen LogP contribution is -2.36. The molecule has 1 aliphatic carbocycles. The number of aromatic nitrogens is 1. The fourth-order valence-corrected chi connectivity index (χ4v) is 5.26.